The van der Waals surface area contributed by atoms with E-state index in [-0.39, 0.29) is 11.8 Å². The van der Waals surface area contributed by atoms with Gasteiger partial charge < -0.3 is 15.2 Å². The van der Waals surface area contributed by atoms with E-state index in [4.69, 9.17) is 0 Å². The molecule has 0 fully saturated rings. The second-order valence-corrected chi connectivity index (χ2v) is 7.66. The molecule has 0 saturated heterocycles. The largest absolute Gasteiger partial charge is 0.357 e. The molecule has 1 atom stereocenters. The van der Waals surface area contributed by atoms with Crippen LogP contribution in [0, 0.1) is 5.41 Å². The summed E-state index contributed by atoms with van der Waals surface area (Å²) >= 11 is 3.41. The monoisotopic (exact) mass is 385 g/mol. The molecule has 1 aromatic rings. The number of hydrogen-bond acceptors (Lipinski definition) is 4. The topological polar surface area (TPSA) is 79.3 Å². The predicted octanol–water partition coefficient (Wildman–Crippen LogP) is 0.981. The van der Waals surface area contributed by atoms with Gasteiger partial charge >= 0.3 is 0 Å². The Morgan fingerprint density at radius 2 is 1.96 bits per heavy atom. The van der Waals surface area contributed by atoms with Crippen LogP contribution in [-0.4, -0.2) is 52.9 Å². The highest BCUT2D eigenvalue weighted by Gasteiger charge is 2.34. The van der Waals surface area contributed by atoms with Gasteiger partial charge in [-0.2, -0.15) is 0 Å². The average molecular weight is 386 g/mol. The number of imidazole rings is 1. The van der Waals surface area contributed by atoms with Crippen LogP contribution >= 0.6 is 15.9 Å². The van der Waals surface area contributed by atoms with Crippen molar-refractivity contribution in [3.63, 3.8) is 0 Å². The summed E-state index contributed by atoms with van der Waals surface area (Å²) in [7, 11) is 3.58. The smallest absolute Gasteiger partial charge is 0.272 e. The SMILES string of the molecule is CNC(=O)[C@@H](NC(=O)c1nc(Br)n2c1CN(C)CC2)C(C)(C)C. The Morgan fingerprint density at radius 1 is 1.30 bits per heavy atom. The molecule has 0 aromatic carbocycles. The van der Waals surface area contributed by atoms with E-state index in [0.717, 1.165) is 18.8 Å². The first-order valence-corrected chi connectivity index (χ1v) is 8.40. The molecule has 0 radical (unpaired) electrons. The maximum atomic E-state index is 12.7. The molecule has 1 aromatic heterocycles. The molecule has 23 heavy (non-hydrogen) atoms. The van der Waals surface area contributed by atoms with Gasteiger partial charge in [0.15, 0.2) is 10.4 Å². The molecule has 2 heterocycles. The fraction of sp³-hybridized carbons (Fsp3) is 0.667. The van der Waals surface area contributed by atoms with E-state index in [1.807, 2.05) is 32.4 Å². The first kappa shape index (κ1) is 17.9. The summed E-state index contributed by atoms with van der Waals surface area (Å²) in [6.45, 7) is 8.09. The van der Waals surface area contributed by atoms with E-state index in [0.29, 0.717) is 17.0 Å². The van der Waals surface area contributed by atoms with Gasteiger partial charge in [-0.3, -0.25) is 14.5 Å². The number of halogens is 1. The molecular formula is C15H24BrN5O2. The normalized spacial score (nSPS) is 16.6. The summed E-state index contributed by atoms with van der Waals surface area (Å²) in [5.74, 6) is -0.534. The van der Waals surface area contributed by atoms with Crippen LogP contribution < -0.4 is 10.6 Å². The van der Waals surface area contributed by atoms with Crippen molar-refractivity contribution in [3.8, 4) is 0 Å². The Morgan fingerprint density at radius 3 is 2.52 bits per heavy atom. The highest BCUT2D eigenvalue weighted by molar-refractivity contribution is 9.10. The van der Waals surface area contributed by atoms with Crippen molar-refractivity contribution in [2.45, 2.75) is 39.9 Å². The first-order valence-electron chi connectivity index (χ1n) is 7.61. The summed E-state index contributed by atoms with van der Waals surface area (Å²) in [5, 5.41) is 5.44. The van der Waals surface area contributed by atoms with E-state index in [1.165, 1.54) is 0 Å². The van der Waals surface area contributed by atoms with E-state index < -0.39 is 11.5 Å². The minimum absolute atomic E-state index is 0.213. The zero-order valence-electron chi connectivity index (χ0n) is 14.2. The van der Waals surface area contributed by atoms with Crippen LogP contribution in [0.2, 0.25) is 0 Å². The summed E-state index contributed by atoms with van der Waals surface area (Å²) in [6, 6.07) is -0.627. The van der Waals surface area contributed by atoms with Gasteiger partial charge in [0.25, 0.3) is 5.91 Å². The van der Waals surface area contributed by atoms with Crippen LogP contribution in [-0.2, 0) is 17.9 Å². The summed E-state index contributed by atoms with van der Waals surface area (Å²) in [4.78, 5) is 31.3. The van der Waals surface area contributed by atoms with Crippen molar-refractivity contribution in [1.82, 2.24) is 25.1 Å². The number of likely N-dealkylation sites (N-methyl/N-ethyl adjacent to an activating group) is 2. The van der Waals surface area contributed by atoms with E-state index in [9.17, 15) is 9.59 Å². The second kappa shape index (κ2) is 6.60. The number of amides is 2. The summed E-state index contributed by atoms with van der Waals surface area (Å²) in [6.07, 6.45) is 0. The molecular weight excluding hydrogens is 362 g/mol. The van der Waals surface area contributed by atoms with Crippen molar-refractivity contribution < 1.29 is 9.59 Å². The van der Waals surface area contributed by atoms with Crippen LogP contribution in [0.3, 0.4) is 0 Å². The second-order valence-electron chi connectivity index (χ2n) is 6.95. The van der Waals surface area contributed by atoms with Crippen LogP contribution in [0.4, 0.5) is 0 Å². The number of rotatable bonds is 3. The third-order valence-corrected chi connectivity index (χ3v) is 4.62. The molecule has 2 amide bonds. The molecule has 2 rings (SSSR count). The fourth-order valence-corrected chi connectivity index (χ4v) is 3.22. The Hall–Kier alpha value is -1.41. The number of nitrogens with zero attached hydrogens (tertiary/aromatic N) is 3. The van der Waals surface area contributed by atoms with Crippen LogP contribution in [0.15, 0.2) is 4.73 Å². The van der Waals surface area contributed by atoms with Gasteiger partial charge in [-0.05, 0) is 28.4 Å². The highest BCUT2D eigenvalue weighted by Crippen LogP contribution is 2.24. The maximum Gasteiger partial charge on any atom is 0.272 e. The number of aromatic nitrogens is 2. The lowest BCUT2D eigenvalue weighted by Crippen LogP contribution is -2.53. The number of fused-ring (bicyclic) bond motifs is 1. The number of hydrogen-bond donors (Lipinski definition) is 2. The van der Waals surface area contributed by atoms with Crippen LogP contribution in [0.1, 0.15) is 37.0 Å². The molecule has 128 valence electrons. The Kier molecular flexibility index (Phi) is 5.15. The molecule has 0 bridgehead atoms. The van der Waals surface area contributed by atoms with Crippen molar-refractivity contribution in [2.24, 2.45) is 5.41 Å². The molecule has 0 saturated carbocycles. The summed E-state index contributed by atoms with van der Waals surface area (Å²) in [5.41, 5.74) is 0.845. The van der Waals surface area contributed by atoms with Crippen molar-refractivity contribution in [1.29, 1.82) is 0 Å². The summed E-state index contributed by atoms with van der Waals surface area (Å²) < 4.78 is 2.65. The van der Waals surface area contributed by atoms with E-state index >= 15 is 0 Å². The van der Waals surface area contributed by atoms with Crippen molar-refractivity contribution in [2.75, 3.05) is 20.6 Å². The molecule has 0 aliphatic carbocycles. The van der Waals surface area contributed by atoms with Crippen LogP contribution in [0.5, 0.6) is 0 Å². The zero-order valence-corrected chi connectivity index (χ0v) is 15.8. The lowest BCUT2D eigenvalue weighted by Gasteiger charge is -2.30. The molecule has 2 N–H and O–H groups in total. The van der Waals surface area contributed by atoms with Crippen LogP contribution in [0.25, 0.3) is 0 Å². The van der Waals surface area contributed by atoms with Gasteiger partial charge in [0, 0.05) is 26.7 Å². The fourth-order valence-electron chi connectivity index (χ4n) is 2.65. The average Bonchev–Trinajstić information content (AvgIpc) is 2.79. The maximum absolute atomic E-state index is 12.7. The van der Waals surface area contributed by atoms with Gasteiger partial charge in [0.05, 0.1) is 5.69 Å². The van der Waals surface area contributed by atoms with Gasteiger partial charge in [0.2, 0.25) is 5.91 Å². The zero-order chi connectivity index (χ0) is 17.4. The molecule has 0 spiro atoms. The lowest BCUT2D eigenvalue weighted by atomic mass is 9.86. The quantitative estimate of drug-likeness (QED) is 0.812. The Labute approximate surface area is 144 Å². The Bertz CT molecular complexity index is 620. The Balaban J connectivity index is 2.29. The standard InChI is InChI=1S/C15H24BrN5O2/c1-15(2,3)11(13(23)17-4)19-12(22)10-9-8-20(5)6-7-21(9)14(16)18-10/h11H,6-8H2,1-5H3,(H,17,23)(H,19,22)/t11-/m1/s1. The van der Waals surface area contributed by atoms with Crippen molar-refractivity contribution >= 4 is 27.7 Å². The van der Waals surface area contributed by atoms with Gasteiger partial charge in [-0.25, -0.2) is 4.98 Å². The molecule has 1 aliphatic heterocycles. The molecule has 8 heteroatoms. The number of carbonyl (C=O) groups excluding carboxylic acids is 2. The third-order valence-electron chi connectivity index (χ3n) is 4.02. The predicted molar refractivity (Wildman–Crippen MR) is 91.0 cm³/mol. The van der Waals surface area contributed by atoms with Gasteiger partial charge in [-0.1, -0.05) is 20.8 Å². The molecule has 0 unspecified atom stereocenters. The molecule has 1 aliphatic rings. The first-order chi connectivity index (χ1) is 10.6. The third kappa shape index (κ3) is 3.74. The number of nitrogens with one attached hydrogen (secondary N) is 2. The van der Waals surface area contributed by atoms with E-state index in [1.54, 1.807) is 7.05 Å². The molecule has 7 nitrogen and oxygen atoms in total. The van der Waals surface area contributed by atoms with Gasteiger partial charge in [-0.15, -0.1) is 0 Å². The highest BCUT2D eigenvalue weighted by atomic mass is 79.9. The minimum Gasteiger partial charge on any atom is -0.357 e. The van der Waals surface area contributed by atoms with Gasteiger partial charge in [0.1, 0.15) is 6.04 Å². The number of carbonyl (C=O) groups is 2. The lowest BCUT2D eigenvalue weighted by molar-refractivity contribution is -0.124. The minimum atomic E-state index is -0.627. The van der Waals surface area contributed by atoms with Crippen molar-refractivity contribution in [3.05, 3.63) is 16.1 Å². The van der Waals surface area contributed by atoms with E-state index in [2.05, 4.69) is 36.4 Å².